The second-order valence-corrected chi connectivity index (χ2v) is 8.52. The zero-order valence-corrected chi connectivity index (χ0v) is 19.8. The molecule has 0 bridgehead atoms. The maximum Gasteiger partial charge on any atom is 0.417 e. The number of nitrogens with one attached hydrogen (secondary N) is 1. The Labute approximate surface area is 203 Å². The molecule has 0 atom stereocenters. The number of hydrogen-bond donors (Lipinski definition) is 1. The first-order valence-electron chi connectivity index (χ1n) is 9.66. The van der Waals surface area contributed by atoms with Crippen LogP contribution in [0.5, 0.6) is 11.6 Å². The summed E-state index contributed by atoms with van der Waals surface area (Å²) in [5.41, 5.74) is 1.47. The van der Waals surface area contributed by atoms with Gasteiger partial charge in [-0.15, -0.1) is 11.3 Å². The fourth-order valence-corrected chi connectivity index (χ4v) is 4.18. The van der Waals surface area contributed by atoms with Crippen molar-refractivity contribution in [3.05, 3.63) is 63.5 Å². The molecule has 0 radical (unpaired) electrons. The summed E-state index contributed by atoms with van der Waals surface area (Å²) in [6, 6.07) is 5.86. The normalized spacial score (nSPS) is 11.4. The summed E-state index contributed by atoms with van der Waals surface area (Å²) in [7, 11) is 0.994. The third kappa shape index (κ3) is 5.25. The van der Waals surface area contributed by atoms with Crippen LogP contribution < -0.4 is 10.1 Å². The van der Waals surface area contributed by atoms with Crippen molar-refractivity contribution in [2.24, 2.45) is 0 Å². The van der Waals surface area contributed by atoms with E-state index in [9.17, 15) is 18.0 Å². The number of anilines is 1. The summed E-state index contributed by atoms with van der Waals surface area (Å²) >= 11 is 4.81. The molecule has 13 heteroatoms. The van der Waals surface area contributed by atoms with E-state index in [0.29, 0.717) is 34.8 Å². The van der Waals surface area contributed by atoms with Crippen LogP contribution in [-0.4, -0.2) is 39.6 Å². The SMILES string of the molecule is COC(=O)c1cnc(Oc2ccc(CCNc3ncnc4scnc34)cc2Br)cc1C(F)(F)F. The maximum atomic E-state index is 13.4. The third-order valence-electron chi connectivity index (χ3n) is 4.64. The van der Waals surface area contributed by atoms with E-state index in [4.69, 9.17) is 4.74 Å². The third-order valence-corrected chi connectivity index (χ3v) is 5.99. The highest BCUT2D eigenvalue weighted by Gasteiger charge is 2.36. The zero-order chi connectivity index (χ0) is 24.3. The number of pyridine rings is 1. The molecule has 0 fully saturated rings. The van der Waals surface area contributed by atoms with Crippen molar-refractivity contribution in [2.45, 2.75) is 12.6 Å². The van der Waals surface area contributed by atoms with Gasteiger partial charge in [0.25, 0.3) is 0 Å². The number of fused-ring (bicyclic) bond motifs is 1. The van der Waals surface area contributed by atoms with Gasteiger partial charge in [0.2, 0.25) is 5.88 Å². The van der Waals surface area contributed by atoms with Gasteiger partial charge in [0.05, 0.1) is 28.2 Å². The quantitative estimate of drug-likeness (QED) is 0.300. The standard InChI is InChI=1S/C21H15BrF3N5O3S/c1-32-20(31)12-8-27-16(7-13(12)21(23,24)25)33-15-3-2-11(6-14(15)22)4-5-26-18-17-19(29-9-28-18)34-10-30-17/h2-3,6-10H,4-5H2,1H3,(H,26,28,29). The van der Waals surface area contributed by atoms with Gasteiger partial charge in [0.15, 0.2) is 5.82 Å². The largest absolute Gasteiger partial charge is 0.465 e. The number of ether oxygens (including phenoxy) is 2. The number of aromatic nitrogens is 4. The molecule has 1 N–H and O–H groups in total. The van der Waals surface area contributed by atoms with Crippen molar-refractivity contribution >= 4 is 49.4 Å². The first kappa shape index (κ1) is 23.8. The zero-order valence-electron chi connectivity index (χ0n) is 17.4. The highest BCUT2D eigenvalue weighted by atomic mass is 79.9. The van der Waals surface area contributed by atoms with Crippen molar-refractivity contribution in [1.29, 1.82) is 0 Å². The van der Waals surface area contributed by atoms with Crippen LogP contribution in [0, 0.1) is 0 Å². The molecular formula is C21H15BrF3N5O3S. The number of rotatable bonds is 7. The van der Waals surface area contributed by atoms with Gasteiger partial charge in [-0.05, 0) is 40.0 Å². The van der Waals surface area contributed by atoms with Gasteiger partial charge < -0.3 is 14.8 Å². The average molecular weight is 554 g/mol. The number of halogens is 4. The summed E-state index contributed by atoms with van der Waals surface area (Å²) < 4.78 is 50.6. The number of alkyl halides is 3. The minimum Gasteiger partial charge on any atom is -0.465 e. The second kappa shape index (κ2) is 9.89. The smallest absolute Gasteiger partial charge is 0.417 e. The molecule has 0 amide bonds. The Balaban J connectivity index is 1.45. The Morgan fingerprint density at radius 2 is 2.00 bits per heavy atom. The van der Waals surface area contributed by atoms with Crippen LogP contribution in [0.2, 0.25) is 0 Å². The molecule has 3 heterocycles. The van der Waals surface area contributed by atoms with Crippen molar-refractivity contribution < 1.29 is 27.4 Å². The lowest BCUT2D eigenvalue weighted by atomic mass is 10.1. The molecule has 0 aliphatic rings. The summed E-state index contributed by atoms with van der Waals surface area (Å²) in [4.78, 5) is 28.9. The van der Waals surface area contributed by atoms with E-state index in [1.165, 1.54) is 17.7 Å². The lowest BCUT2D eigenvalue weighted by molar-refractivity contribution is -0.138. The monoisotopic (exact) mass is 553 g/mol. The van der Waals surface area contributed by atoms with Crippen LogP contribution in [0.3, 0.4) is 0 Å². The van der Waals surface area contributed by atoms with Crippen LogP contribution >= 0.6 is 27.3 Å². The molecule has 8 nitrogen and oxygen atoms in total. The molecule has 4 aromatic rings. The van der Waals surface area contributed by atoms with E-state index < -0.39 is 23.3 Å². The van der Waals surface area contributed by atoms with Crippen LogP contribution in [0.25, 0.3) is 10.3 Å². The van der Waals surface area contributed by atoms with Crippen molar-refractivity contribution in [3.8, 4) is 11.6 Å². The van der Waals surface area contributed by atoms with Crippen LogP contribution in [0.4, 0.5) is 19.0 Å². The summed E-state index contributed by atoms with van der Waals surface area (Å²) in [6.07, 6.45) is -1.89. The molecule has 1 aromatic carbocycles. The van der Waals surface area contributed by atoms with Crippen molar-refractivity contribution in [3.63, 3.8) is 0 Å². The lowest BCUT2D eigenvalue weighted by Gasteiger charge is -2.14. The Kier molecular flexibility index (Phi) is 6.93. The fraction of sp³-hybridized carbons (Fsp3) is 0.190. The highest BCUT2D eigenvalue weighted by Crippen LogP contribution is 2.36. The molecule has 0 saturated heterocycles. The van der Waals surface area contributed by atoms with E-state index in [0.717, 1.165) is 23.7 Å². The molecule has 0 unspecified atom stereocenters. The van der Waals surface area contributed by atoms with Crippen molar-refractivity contribution in [1.82, 2.24) is 19.9 Å². The topological polar surface area (TPSA) is 99.1 Å². The molecular weight excluding hydrogens is 539 g/mol. The Morgan fingerprint density at radius 3 is 2.74 bits per heavy atom. The van der Waals surface area contributed by atoms with Crippen LogP contribution in [0.1, 0.15) is 21.5 Å². The van der Waals surface area contributed by atoms with E-state index in [-0.39, 0.29) is 11.6 Å². The second-order valence-electron chi connectivity index (χ2n) is 6.83. The molecule has 0 aliphatic carbocycles. The summed E-state index contributed by atoms with van der Waals surface area (Å²) in [5, 5.41) is 3.23. The van der Waals surface area contributed by atoms with E-state index in [1.807, 2.05) is 0 Å². The number of carbonyl (C=O) groups is 1. The number of nitrogens with zero attached hydrogens (tertiary/aromatic N) is 4. The van der Waals surface area contributed by atoms with Gasteiger partial charge in [0, 0.05) is 18.8 Å². The minimum absolute atomic E-state index is 0.267. The number of benzene rings is 1. The molecule has 4 rings (SSSR count). The van der Waals surface area contributed by atoms with E-state index in [1.54, 1.807) is 23.7 Å². The van der Waals surface area contributed by atoms with Crippen LogP contribution in [-0.2, 0) is 17.3 Å². The molecule has 176 valence electrons. The predicted octanol–water partition coefficient (Wildman–Crippen LogP) is 5.50. The van der Waals surface area contributed by atoms with E-state index >= 15 is 0 Å². The molecule has 34 heavy (non-hydrogen) atoms. The highest BCUT2D eigenvalue weighted by molar-refractivity contribution is 9.10. The number of esters is 1. The van der Waals surface area contributed by atoms with Gasteiger partial charge in [-0.1, -0.05) is 6.07 Å². The molecule has 0 spiro atoms. The van der Waals surface area contributed by atoms with Gasteiger partial charge in [-0.25, -0.2) is 24.7 Å². The molecule has 0 aliphatic heterocycles. The van der Waals surface area contributed by atoms with Crippen LogP contribution in [0.15, 0.2) is 46.8 Å². The fourth-order valence-electron chi connectivity index (χ4n) is 3.04. The molecule has 0 saturated carbocycles. The number of methoxy groups -OCH3 is 1. The first-order chi connectivity index (χ1) is 16.3. The summed E-state index contributed by atoms with van der Waals surface area (Å²) in [5.74, 6) is -0.538. The Hall–Kier alpha value is -3.32. The van der Waals surface area contributed by atoms with Crippen molar-refractivity contribution in [2.75, 3.05) is 19.0 Å². The Morgan fingerprint density at radius 1 is 1.18 bits per heavy atom. The number of carbonyl (C=O) groups excluding carboxylic acids is 1. The number of hydrogen-bond acceptors (Lipinski definition) is 9. The predicted molar refractivity (Wildman–Crippen MR) is 122 cm³/mol. The number of thiazole rings is 1. The van der Waals surface area contributed by atoms with Gasteiger partial charge in [-0.3, -0.25) is 0 Å². The first-order valence-corrected chi connectivity index (χ1v) is 11.3. The van der Waals surface area contributed by atoms with Gasteiger partial charge >= 0.3 is 12.1 Å². The lowest BCUT2D eigenvalue weighted by Crippen LogP contribution is -2.15. The summed E-state index contributed by atoms with van der Waals surface area (Å²) in [6.45, 7) is 0.571. The molecule has 3 aromatic heterocycles. The van der Waals surface area contributed by atoms with Gasteiger partial charge in [0.1, 0.15) is 22.4 Å². The maximum absolute atomic E-state index is 13.4. The van der Waals surface area contributed by atoms with Gasteiger partial charge in [-0.2, -0.15) is 13.2 Å². The Bertz CT molecular complexity index is 1350. The van der Waals surface area contributed by atoms with E-state index in [2.05, 4.69) is 45.9 Å². The minimum atomic E-state index is -4.79. The average Bonchev–Trinajstić information content (AvgIpc) is 3.29.